The second kappa shape index (κ2) is 6.84. The van der Waals surface area contributed by atoms with Crippen LogP contribution in [-0.2, 0) is 10.2 Å². The Balaban J connectivity index is 2.58. The lowest BCUT2D eigenvalue weighted by atomic mass is 9.95. The molecule has 1 rings (SSSR count). The van der Waals surface area contributed by atoms with Gasteiger partial charge in [-0.1, -0.05) is 26.7 Å². The van der Waals surface area contributed by atoms with Gasteiger partial charge in [0.1, 0.15) is 0 Å². The molecule has 6 heteroatoms. The van der Waals surface area contributed by atoms with Crippen LogP contribution in [0.5, 0.6) is 0 Å². The molecule has 1 heterocycles. The summed E-state index contributed by atoms with van der Waals surface area (Å²) in [7, 11) is -3.36. The number of nitrogens with two attached hydrogens (primary N) is 1. The molecule has 0 atom stereocenters. The zero-order valence-electron chi connectivity index (χ0n) is 11.6. The van der Waals surface area contributed by atoms with E-state index in [0.29, 0.717) is 19.6 Å². The van der Waals surface area contributed by atoms with Gasteiger partial charge in [-0.2, -0.15) is 12.7 Å². The van der Waals surface area contributed by atoms with Crippen LogP contribution in [0.2, 0.25) is 0 Å². The third kappa shape index (κ3) is 4.50. The van der Waals surface area contributed by atoms with Gasteiger partial charge >= 0.3 is 0 Å². The normalized spacial score (nSPS) is 19.7. The number of rotatable bonds is 6. The Morgan fingerprint density at radius 2 is 1.61 bits per heavy atom. The highest BCUT2D eigenvalue weighted by Crippen LogP contribution is 2.14. The van der Waals surface area contributed by atoms with Crippen LogP contribution in [0.25, 0.3) is 0 Å². The van der Waals surface area contributed by atoms with Crippen molar-refractivity contribution in [2.75, 3.05) is 19.6 Å². The van der Waals surface area contributed by atoms with Gasteiger partial charge in [0, 0.05) is 25.2 Å². The van der Waals surface area contributed by atoms with Crippen molar-refractivity contribution in [1.82, 2.24) is 9.03 Å². The molecular weight excluding hydrogens is 250 g/mol. The molecule has 108 valence electrons. The van der Waals surface area contributed by atoms with Gasteiger partial charge in [0.2, 0.25) is 0 Å². The first kappa shape index (κ1) is 15.9. The largest absolute Gasteiger partial charge is 0.324 e. The minimum Gasteiger partial charge on any atom is -0.324 e. The van der Waals surface area contributed by atoms with Gasteiger partial charge in [0.25, 0.3) is 10.2 Å². The van der Waals surface area contributed by atoms with Gasteiger partial charge in [0.05, 0.1) is 0 Å². The average molecular weight is 277 g/mol. The van der Waals surface area contributed by atoms with Crippen molar-refractivity contribution in [3.8, 4) is 0 Å². The molecule has 1 fully saturated rings. The van der Waals surface area contributed by atoms with Crippen LogP contribution in [0.1, 0.15) is 52.4 Å². The fraction of sp³-hybridized carbons (Fsp3) is 1.00. The average Bonchev–Trinajstić information content (AvgIpc) is 2.65. The van der Waals surface area contributed by atoms with Crippen LogP contribution >= 0.6 is 0 Å². The summed E-state index contributed by atoms with van der Waals surface area (Å²) in [4.78, 5) is 0. The summed E-state index contributed by atoms with van der Waals surface area (Å²) in [6, 6.07) is 0. The SMILES string of the molecule is CCC(N)(CC)CNS(=O)(=O)N1CCCCCC1. The Bertz CT molecular complexity index is 331. The first-order valence-corrected chi connectivity index (χ1v) is 8.41. The van der Waals surface area contributed by atoms with Crippen LogP contribution in [0.15, 0.2) is 0 Å². The molecule has 0 saturated carbocycles. The van der Waals surface area contributed by atoms with Gasteiger partial charge in [-0.05, 0) is 25.7 Å². The predicted molar refractivity (Wildman–Crippen MR) is 74.5 cm³/mol. The highest BCUT2D eigenvalue weighted by atomic mass is 32.2. The van der Waals surface area contributed by atoms with Crippen molar-refractivity contribution in [1.29, 1.82) is 0 Å². The monoisotopic (exact) mass is 277 g/mol. The molecule has 18 heavy (non-hydrogen) atoms. The van der Waals surface area contributed by atoms with E-state index in [1.807, 2.05) is 13.8 Å². The summed E-state index contributed by atoms with van der Waals surface area (Å²) in [5, 5.41) is 0. The van der Waals surface area contributed by atoms with Crippen molar-refractivity contribution < 1.29 is 8.42 Å². The molecule has 1 saturated heterocycles. The first-order chi connectivity index (χ1) is 8.43. The van der Waals surface area contributed by atoms with Crippen molar-refractivity contribution in [3.63, 3.8) is 0 Å². The molecular formula is C12H27N3O2S. The fourth-order valence-electron chi connectivity index (χ4n) is 2.11. The second-order valence-electron chi connectivity index (χ2n) is 5.21. The molecule has 0 aliphatic carbocycles. The van der Waals surface area contributed by atoms with Crippen LogP contribution in [-0.4, -0.2) is 37.9 Å². The Labute approximate surface area is 111 Å². The van der Waals surface area contributed by atoms with Gasteiger partial charge < -0.3 is 5.73 Å². The molecule has 0 radical (unpaired) electrons. The fourth-order valence-corrected chi connectivity index (χ4v) is 3.50. The van der Waals surface area contributed by atoms with E-state index < -0.39 is 15.7 Å². The highest BCUT2D eigenvalue weighted by Gasteiger charge is 2.27. The summed E-state index contributed by atoms with van der Waals surface area (Å²) < 4.78 is 28.6. The summed E-state index contributed by atoms with van der Waals surface area (Å²) in [5.74, 6) is 0. The maximum Gasteiger partial charge on any atom is 0.279 e. The van der Waals surface area contributed by atoms with Crippen molar-refractivity contribution in [2.45, 2.75) is 57.9 Å². The summed E-state index contributed by atoms with van der Waals surface area (Å²) in [6.07, 6.45) is 5.69. The molecule has 0 unspecified atom stereocenters. The smallest absolute Gasteiger partial charge is 0.279 e. The molecule has 1 aliphatic heterocycles. The minimum atomic E-state index is -3.36. The van der Waals surface area contributed by atoms with E-state index in [-0.39, 0.29) is 0 Å². The van der Waals surface area contributed by atoms with E-state index in [2.05, 4.69) is 4.72 Å². The number of nitrogens with one attached hydrogen (secondary N) is 1. The van der Waals surface area contributed by atoms with Gasteiger partial charge in [0.15, 0.2) is 0 Å². The second-order valence-corrected chi connectivity index (χ2v) is 6.96. The van der Waals surface area contributed by atoms with Gasteiger partial charge in [-0.15, -0.1) is 0 Å². The van der Waals surface area contributed by atoms with Crippen LogP contribution < -0.4 is 10.5 Å². The molecule has 0 aromatic carbocycles. The van der Waals surface area contributed by atoms with Crippen molar-refractivity contribution >= 4 is 10.2 Å². The number of nitrogens with zero attached hydrogens (tertiary/aromatic N) is 1. The molecule has 0 spiro atoms. The first-order valence-electron chi connectivity index (χ1n) is 6.97. The van der Waals surface area contributed by atoms with E-state index in [1.54, 1.807) is 4.31 Å². The lowest BCUT2D eigenvalue weighted by Crippen LogP contribution is -2.52. The maximum atomic E-state index is 12.2. The molecule has 0 aromatic rings. The molecule has 3 N–H and O–H groups in total. The zero-order valence-corrected chi connectivity index (χ0v) is 12.4. The maximum absolute atomic E-state index is 12.2. The van der Waals surface area contributed by atoms with Crippen LogP contribution in [0.4, 0.5) is 0 Å². The highest BCUT2D eigenvalue weighted by molar-refractivity contribution is 7.87. The Kier molecular flexibility index (Phi) is 6.04. The van der Waals surface area contributed by atoms with Crippen LogP contribution in [0.3, 0.4) is 0 Å². The van der Waals surface area contributed by atoms with Crippen molar-refractivity contribution in [2.24, 2.45) is 5.73 Å². The van der Waals surface area contributed by atoms with Gasteiger partial charge in [-0.3, -0.25) is 0 Å². The quantitative estimate of drug-likeness (QED) is 0.766. The zero-order chi connectivity index (χ0) is 13.6. The molecule has 5 nitrogen and oxygen atoms in total. The lowest BCUT2D eigenvalue weighted by molar-refractivity contribution is 0.372. The van der Waals surface area contributed by atoms with E-state index in [4.69, 9.17) is 5.73 Å². The van der Waals surface area contributed by atoms with E-state index in [9.17, 15) is 8.42 Å². The van der Waals surface area contributed by atoms with E-state index in [0.717, 1.165) is 38.5 Å². The minimum absolute atomic E-state index is 0.318. The number of hydrogen-bond acceptors (Lipinski definition) is 3. The molecule has 0 bridgehead atoms. The Morgan fingerprint density at radius 3 is 2.06 bits per heavy atom. The standard InChI is InChI=1S/C12H27N3O2S/c1-3-12(13,4-2)11-14-18(16,17)15-9-7-5-6-8-10-15/h14H,3-11,13H2,1-2H3. The summed E-state index contributed by atoms with van der Waals surface area (Å²) in [6.45, 7) is 5.56. The van der Waals surface area contributed by atoms with Crippen LogP contribution in [0, 0.1) is 0 Å². The number of hydrogen-bond donors (Lipinski definition) is 2. The summed E-state index contributed by atoms with van der Waals surface area (Å²) in [5.41, 5.74) is 5.69. The Morgan fingerprint density at radius 1 is 1.11 bits per heavy atom. The Hall–Kier alpha value is -0.170. The third-order valence-electron chi connectivity index (χ3n) is 3.92. The lowest BCUT2D eigenvalue weighted by Gasteiger charge is -2.28. The topological polar surface area (TPSA) is 75.4 Å². The summed E-state index contributed by atoms with van der Waals surface area (Å²) >= 11 is 0. The predicted octanol–water partition coefficient (Wildman–Crippen LogP) is 1.21. The third-order valence-corrected chi connectivity index (χ3v) is 5.47. The van der Waals surface area contributed by atoms with Gasteiger partial charge in [-0.25, -0.2) is 4.72 Å². The van der Waals surface area contributed by atoms with E-state index >= 15 is 0 Å². The van der Waals surface area contributed by atoms with E-state index in [1.165, 1.54) is 0 Å². The molecule has 1 aliphatic rings. The molecule has 0 amide bonds. The van der Waals surface area contributed by atoms with Crippen molar-refractivity contribution in [3.05, 3.63) is 0 Å². The molecule has 0 aromatic heterocycles.